The van der Waals surface area contributed by atoms with Crippen molar-refractivity contribution < 1.29 is 0 Å². The lowest BCUT2D eigenvalue weighted by Gasteiger charge is -2.22. The van der Waals surface area contributed by atoms with Crippen molar-refractivity contribution in [3.8, 4) is 61.8 Å². The monoisotopic (exact) mass is 665 g/mol. The summed E-state index contributed by atoms with van der Waals surface area (Å²) in [5.41, 5.74) is 16.0. The number of hydrogen-bond donors (Lipinski definition) is 0. The summed E-state index contributed by atoms with van der Waals surface area (Å²) in [6, 6.07) is 62.9. The molecule has 52 heavy (non-hydrogen) atoms. The van der Waals surface area contributed by atoms with Gasteiger partial charge in [-0.25, -0.2) is 9.97 Å². The highest BCUT2D eigenvalue weighted by atomic mass is 15.0. The smallest absolute Gasteiger partial charge is 0.160 e. The van der Waals surface area contributed by atoms with Gasteiger partial charge in [-0.05, 0) is 75.8 Å². The molecule has 0 amide bonds. The standard InChI is InChI=1S/C49H35N3/c1-49(2)42-23-9-6-20-38(42)39-27-26-35(30-43(39)49)45-31-44(32-14-4-3-5-15-32)50-48(51-45)36-18-12-16-33(28-36)34-17-13-19-37(29-34)52-46-24-10-7-21-40(46)41-22-8-11-25-47(41)52/h3-31H,1-2H3. The molecule has 0 unspecified atom stereocenters. The Morgan fingerprint density at radius 2 is 0.981 bits per heavy atom. The van der Waals surface area contributed by atoms with E-state index in [2.05, 4.69) is 188 Å². The Morgan fingerprint density at radius 3 is 1.75 bits per heavy atom. The molecule has 0 spiro atoms. The molecule has 0 saturated carbocycles. The van der Waals surface area contributed by atoms with Crippen LogP contribution in [-0.4, -0.2) is 14.5 Å². The second kappa shape index (κ2) is 11.8. The third-order valence-electron chi connectivity index (χ3n) is 10.8. The van der Waals surface area contributed by atoms with Gasteiger partial charge in [-0.1, -0.05) is 147 Å². The topological polar surface area (TPSA) is 30.7 Å². The zero-order valence-corrected chi connectivity index (χ0v) is 29.1. The Kier molecular flexibility index (Phi) is 6.84. The maximum atomic E-state index is 5.27. The summed E-state index contributed by atoms with van der Waals surface area (Å²) in [5, 5.41) is 2.52. The van der Waals surface area contributed by atoms with Crippen LogP contribution in [0.2, 0.25) is 0 Å². The van der Waals surface area contributed by atoms with Crippen molar-refractivity contribution >= 4 is 21.8 Å². The number of para-hydroxylation sites is 2. The van der Waals surface area contributed by atoms with Gasteiger partial charge < -0.3 is 4.57 Å². The van der Waals surface area contributed by atoms with Crippen molar-refractivity contribution in [2.45, 2.75) is 19.3 Å². The number of fused-ring (bicyclic) bond motifs is 6. The zero-order chi connectivity index (χ0) is 34.8. The normalized spacial score (nSPS) is 13.0. The fraction of sp³-hybridized carbons (Fsp3) is 0.0612. The minimum absolute atomic E-state index is 0.0951. The number of rotatable bonds is 5. The molecule has 1 aliphatic carbocycles. The van der Waals surface area contributed by atoms with Gasteiger partial charge in [0, 0.05) is 38.6 Å². The van der Waals surface area contributed by atoms with E-state index in [1.54, 1.807) is 0 Å². The van der Waals surface area contributed by atoms with Gasteiger partial charge in [-0.2, -0.15) is 0 Å². The first-order valence-corrected chi connectivity index (χ1v) is 17.9. The van der Waals surface area contributed by atoms with E-state index in [1.165, 1.54) is 44.1 Å². The zero-order valence-electron chi connectivity index (χ0n) is 29.1. The molecule has 0 fully saturated rings. The van der Waals surface area contributed by atoms with Gasteiger partial charge in [0.15, 0.2) is 5.82 Å². The van der Waals surface area contributed by atoms with E-state index in [0.29, 0.717) is 5.82 Å². The lowest BCUT2D eigenvalue weighted by molar-refractivity contribution is 0.660. The molecule has 1 aliphatic rings. The molecule has 0 saturated heterocycles. The summed E-state index contributed by atoms with van der Waals surface area (Å²) in [4.78, 5) is 10.4. The SMILES string of the molecule is CC1(C)c2ccccc2-c2ccc(-c3cc(-c4ccccc4)nc(-c4cccc(-c5cccc(-n6c7ccccc7c7ccccc76)c5)c4)n3)cc21. The Hall–Kier alpha value is -6.58. The van der Waals surface area contributed by atoms with Crippen molar-refractivity contribution in [2.75, 3.05) is 0 Å². The maximum Gasteiger partial charge on any atom is 0.160 e. The van der Waals surface area contributed by atoms with Gasteiger partial charge in [0.05, 0.1) is 22.4 Å². The van der Waals surface area contributed by atoms with Crippen LogP contribution in [0.4, 0.5) is 0 Å². The maximum absolute atomic E-state index is 5.27. The summed E-state index contributed by atoms with van der Waals surface area (Å²) in [6.07, 6.45) is 0. The van der Waals surface area contributed by atoms with Crippen LogP contribution in [0.3, 0.4) is 0 Å². The molecule has 0 aliphatic heterocycles. The average molecular weight is 666 g/mol. The molecule has 0 radical (unpaired) electrons. The summed E-state index contributed by atoms with van der Waals surface area (Å²) < 4.78 is 2.37. The summed E-state index contributed by atoms with van der Waals surface area (Å²) in [5.74, 6) is 0.708. The Balaban J connectivity index is 1.09. The number of nitrogens with zero attached hydrogens (tertiary/aromatic N) is 3. The fourth-order valence-corrected chi connectivity index (χ4v) is 8.21. The van der Waals surface area contributed by atoms with Crippen molar-refractivity contribution in [1.82, 2.24) is 14.5 Å². The fourth-order valence-electron chi connectivity index (χ4n) is 8.21. The lowest BCUT2D eigenvalue weighted by atomic mass is 9.82. The summed E-state index contributed by atoms with van der Waals surface area (Å²) in [7, 11) is 0. The van der Waals surface area contributed by atoms with E-state index >= 15 is 0 Å². The third-order valence-corrected chi connectivity index (χ3v) is 10.8. The predicted molar refractivity (Wildman–Crippen MR) is 216 cm³/mol. The highest BCUT2D eigenvalue weighted by molar-refractivity contribution is 6.09. The average Bonchev–Trinajstić information content (AvgIpc) is 3.66. The molecule has 0 atom stereocenters. The van der Waals surface area contributed by atoms with Crippen molar-refractivity contribution in [3.05, 3.63) is 187 Å². The number of hydrogen-bond acceptors (Lipinski definition) is 2. The van der Waals surface area contributed by atoms with Crippen LogP contribution in [0.5, 0.6) is 0 Å². The lowest BCUT2D eigenvalue weighted by Crippen LogP contribution is -2.14. The van der Waals surface area contributed by atoms with E-state index in [1.807, 2.05) is 6.07 Å². The Labute approximate surface area is 303 Å². The Morgan fingerprint density at radius 1 is 0.404 bits per heavy atom. The molecule has 246 valence electrons. The molecule has 10 rings (SSSR count). The molecule has 2 heterocycles. The highest BCUT2D eigenvalue weighted by Crippen LogP contribution is 2.49. The molecule has 2 aromatic heterocycles. The van der Waals surface area contributed by atoms with Crippen LogP contribution in [0, 0.1) is 0 Å². The predicted octanol–water partition coefficient (Wildman–Crippen LogP) is 12.5. The molecular weight excluding hydrogens is 631 g/mol. The van der Waals surface area contributed by atoms with E-state index in [0.717, 1.165) is 44.9 Å². The Bertz CT molecular complexity index is 2770. The number of aromatic nitrogens is 3. The minimum Gasteiger partial charge on any atom is -0.309 e. The van der Waals surface area contributed by atoms with Crippen molar-refractivity contribution in [3.63, 3.8) is 0 Å². The van der Waals surface area contributed by atoms with Crippen LogP contribution in [0.1, 0.15) is 25.0 Å². The first-order chi connectivity index (χ1) is 25.5. The molecule has 9 aromatic rings. The van der Waals surface area contributed by atoms with Crippen molar-refractivity contribution in [1.29, 1.82) is 0 Å². The van der Waals surface area contributed by atoms with Crippen LogP contribution in [-0.2, 0) is 5.41 Å². The molecule has 3 nitrogen and oxygen atoms in total. The highest BCUT2D eigenvalue weighted by Gasteiger charge is 2.35. The molecule has 0 bridgehead atoms. The van der Waals surface area contributed by atoms with Gasteiger partial charge in [-0.3, -0.25) is 0 Å². The van der Waals surface area contributed by atoms with E-state index in [-0.39, 0.29) is 5.41 Å². The second-order valence-corrected chi connectivity index (χ2v) is 14.3. The van der Waals surface area contributed by atoms with Gasteiger partial charge in [0.2, 0.25) is 0 Å². The molecule has 7 aromatic carbocycles. The first-order valence-electron chi connectivity index (χ1n) is 17.9. The van der Waals surface area contributed by atoms with Gasteiger partial charge >= 0.3 is 0 Å². The molecule has 3 heteroatoms. The second-order valence-electron chi connectivity index (χ2n) is 14.3. The number of benzene rings is 7. The van der Waals surface area contributed by atoms with Crippen LogP contribution in [0.25, 0.3) is 83.6 Å². The van der Waals surface area contributed by atoms with Gasteiger partial charge in [0.25, 0.3) is 0 Å². The van der Waals surface area contributed by atoms with E-state index < -0.39 is 0 Å². The minimum atomic E-state index is -0.0951. The van der Waals surface area contributed by atoms with Crippen LogP contribution in [0.15, 0.2) is 176 Å². The molecular formula is C49H35N3. The van der Waals surface area contributed by atoms with Crippen LogP contribution >= 0.6 is 0 Å². The summed E-state index contributed by atoms with van der Waals surface area (Å²) >= 11 is 0. The quantitative estimate of drug-likeness (QED) is 0.183. The van der Waals surface area contributed by atoms with Gasteiger partial charge in [0.1, 0.15) is 0 Å². The van der Waals surface area contributed by atoms with Crippen molar-refractivity contribution in [2.24, 2.45) is 0 Å². The van der Waals surface area contributed by atoms with Gasteiger partial charge in [-0.15, -0.1) is 0 Å². The summed E-state index contributed by atoms with van der Waals surface area (Å²) in [6.45, 7) is 4.65. The van der Waals surface area contributed by atoms with Crippen LogP contribution < -0.4 is 0 Å². The molecule has 0 N–H and O–H groups in total. The largest absolute Gasteiger partial charge is 0.309 e. The van der Waals surface area contributed by atoms with E-state index in [4.69, 9.17) is 9.97 Å². The first kappa shape index (κ1) is 30.3. The third kappa shape index (κ3) is 4.81. The van der Waals surface area contributed by atoms with E-state index in [9.17, 15) is 0 Å².